The quantitative estimate of drug-likeness (QED) is 0.530. The molecule has 0 saturated heterocycles. The molecular formula is C19H30ClNO. The second-order valence-corrected chi connectivity index (χ2v) is 4.29. The number of hydrogen-bond donors (Lipinski definition) is 1. The minimum atomic E-state index is 0.466. The SMILES string of the molecule is C=C/C(OCc1ccccc1)=C(Cl)\C=C(/C)CN.CC.CC. The molecular weight excluding hydrogens is 294 g/mol. The van der Waals surface area contributed by atoms with E-state index >= 15 is 0 Å². The minimum Gasteiger partial charge on any atom is -0.487 e. The van der Waals surface area contributed by atoms with Crippen molar-refractivity contribution in [3.05, 3.63) is 71.0 Å². The number of halogens is 1. The molecule has 3 heteroatoms. The predicted octanol–water partition coefficient (Wildman–Crippen LogP) is 5.80. The molecule has 0 aliphatic carbocycles. The first-order valence-corrected chi connectivity index (χ1v) is 8.11. The van der Waals surface area contributed by atoms with Crippen LogP contribution in [-0.4, -0.2) is 6.54 Å². The van der Waals surface area contributed by atoms with Gasteiger partial charge in [0.15, 0.2) is 0 Å². The van der Waals surface area contributed by atoms with E-state index in [0.29, 0.717) is 23.9 Å². The van der Waals surface area contributed by atoms with Crippen LogP contribution in [0.2, 0.25) is 0 Å². The first-order chi connectivity index (χ1) is 10.7. The summed E-state index contributed by atoms with van der Waals surface area (Å²) >= 11 is 6.14. The molecule has 2 N–H and O–H groups in total. The van der Waals surface area contributed by atoms with Gasteiger partial charge in [-0.15, -0.1) is 0 Å². The molecule has 1 rings (SSSR count). The Labute approximate surface area is 141 Å². The average molecular weight is 324 g/mol. The largest absolute Gasteiger partial charge is 0.487 e. The van der Waals surface area contributed by atoms with Gasteiger partial charge in [0.1, 0.15) is 12.4 Å². The molecule has 0 heterocycles. The molecule has 0 saturated carbocycles. The van der Waals surface area contributed by atoms with E-state index < -0.39 is 0 Å². The fraction of sp³-hybridized carbons (Fsp3) is 0.368. The molecule has 2 nitrogen and oxygen atoms in total. The van der Waals surface area contributed by atoms with Crippen molar-refractivity contribution in [2.24, 2.45) is 5.73 Å². The van der Waals surface area contributed by atoms with Crippen LogP contribution < -0.4 is 5.73 Å². The van der Waals surface area contributed by atoms with Gasteiger partial charge in [0, 0.05) is 6.54 Å². The third-order valence-electron chi connectivity index (χ3n) is 2.35. The Bertz CT molecular complexity index is 450. The Morgan fingerprint density at radius 2 is 1.73 bits per heavy atom. The fourth-order valence-electron chi connectivity index (χ4n) is 1.31. The molecule has 0 aliphatic heterocycles. The molecule has 124 valence electrons. The predicted molar refractivity (Wildman–Crippen MR) is 99.8 cm³/mol. The van der Waals surface area contributed by atoms with Crippen molar-refractivity contribution in [1.82, 2.24) is 0 Å². The molecule has 1 aromatic carbocycles. The number of ether oxygens (including phenoxy) is 1. The lowest BCUT2D eigenvalue weighted by Gasteiger charge is -2.08. The van der Waals surface area contributed by atoms with Gasteiger partial charge in [-0.3, -0.25) is 0 Å². The third kappa shape index (κ3) is 10.3. The molecule has 0 fully saturated rings. The molecule has 0 aromatic heterocycles. The first kappa shape index (κ1) is 22.8. The normalized spacial score (nSPS) is 11.1. The van der Waals surface area contributed by atoms with E-state index in [9.17, 15) is 0 Å². The Kier molecular flexibility index (Phi) is 16.4. The number of benzene rings is 1. The zero-order chi connectivity index (χ0) is 17.4. The highest BCUT2D eigenvalue weighted by molar-refractivity contribution is 6.31. The topological polar surface area (TPSA) is 35.2 Å². The highest BCUT2D eigenvalue weighted by atomic mass is 35.5. The lowest BCUT2D eigenvalue weighted by atomic mass is 10.2. The lowest BCUT2D eigenvalue weighted by molar-refractivity contribution is 0.210. The summed E-state index contributed by atoms with van der Waals surface area (Å²) in [5.41, 5.74) is 7.58. The van der Waals surface area contributed by atoms with Crippen molar-refractivity contribution >= 4 is 11.6 Å². The molecule has 1 aromatic rings. The van der Waals surface area contributed by atoms with Gasteiger partial charge in [0.2, 0.25) is 0 Å². The summed E-state index contributed by atoms with van der Waals surface area (Å²) in [6.07, 6.45) is 3.40. The van der Waals surface area contributed by atoms with E-state index in [1.165, 1.54) is 0 Å². The molecule has 0 spiro atoms. The molecule has 22 heavy (non-hydrogen) atoms. The summed E-state index contributed by atoms with van der Waals surface area (Å²) in [7, 11) is 0. The molecule has 0 atom stereocenters. The number of nitrogens with two attached hydrogens (primary N) is 1. The maximum absolute atomic E-state index is 6.14. The van der Waals surface area contributed by atoms with Gasteiger partial charge >= 0.3 is 0 Å². The maximum atomic E-state index is 6.14. The number of rotatable bonds is 6. The van der Waals surface area contributed by atoms with Crippen LogP contribution in [0.15, 0.2) is 65.4 Å². The van der Waals surface area contributed by atoms with Gasteiger partial charge in [0.05, 0.1) is 5.03 Å². The number of hydrogen-bond acceptors (Lipinski definition) is 2. The highest BCUT2D eigenvalue weighted by Crippen LogP contribution is 2.17. The van der Waals surface area contributed by atoms with E-state index in [1.54, 1.807) is 12.2 Å². The first-order valence-electron chi connectivity index (χ1n) is 7.73. The highest BCUT2D eigenvalue weighted by Gasteiger charge is 2.01. The Morgan fingerprint density at radius 1 is 1.18 bits per heavy atom. The van der Waals surface area contributed by atoms with Crippen molar-refractivity contribution in [1.29, 1.82) is 0 Å². The van der Waals surface area contributed by atoms with Gasteiger partial charge in [-0.25, -0.2) is 0 Å². The minimum absolute atomic E-state index is 0.466. The van der Waals surface area contributed by atoms with Gasteiger partial charge in [-0.05, 0) is 24.6 Å². The molecule has 0 unspecified atom stereocenters. The van der Waals surface area contributed by atoms with E-state index in [4.69, 9.17) is 22.1 Å². The summed E-state index contributed by atoms with van der Waals surface area (Å²) < 4.78 is 5.63. The van der Waals surface area contributed by atoms with Crippen LogP contribution >= 0.6 is 11.6 Å². The van der Waals surface area contributed by atoms with Crippen LogP contribution in [0.4, 0.5) is 0 Å². The van der Waals surface area contributed by atoms with Crippen molar-refractivity contribution in [2.45, 2.75) is 41.2 Å². The van der Waals surface area contributed by atoms with E-state index in [2.05, 4.69) is 6.58 Å². The zero-order valence-corrected chi connectivity index (χ0v) is 15.3. The molecule has 0 radical (unpaired) electrons. The monoisotopic (exact) mass is 323 g/mol. The zero-order valence-electron chi connectivity index (χ0n) is 14.5. The van der Waals surface area contributed by atoms with Gasteiger partial charge in [0.25, 0.3) is 0 Å². The summed E-state index contributed by atoms with van der Waals surface area (Å²) in [6, 6.07) is 9.89. The maximum Gasteiger partial charge on any atom is 0.137 e. The van der Waals surface area contributed by atoms with Crippen LogP contribution in [0, 0.1) is 0 Å². The standard InChI is InChI=1S/C15H18ClNO.2C2H6/c1-3-15(14(16)9-12(2)10-17)18-11-13-7-5-4-6-8-13;2*1-2/h3-9H,1,10-11,17H2,2H3;2*1-2H3/b12-9+,15-14-;;. The molecule has 0 aliphatic rings. The summed E-state index contributed by atoms with van der Waals surface area (Å²) in [5, 5.41) is 0.517. The van der Waals surface area contributed by atoms with Gasteiger partial charge in [-0.2, -0.15) is 0 Å². The van der Waals surface area contributed by atoms with E-state index in [-0.39, 0.29) is 0 Å². The second-order valence-electron chi connectivity index (χ2n) is 3.89. The van der Waals surface area contributed by atoms with Crippen molar-refractivity contribution in [2.75, 3.05) is 6.54 Å². The van der Waals surface area contributed by atoms with Crippen LogP contribution in [0.1, 0.15) is 40.2 Å². The summed E-state index contributed by atoms with van der Waals surface area (Å²) in [5.74, 6) is 0.563. The smallest absolute Gasteiger partial charge is 0.137 e. The number of allylic oxidation sites excluding steroid dienone is 3. The molecule has 0 bridgehead atoms. The van der Waals surface area contributed by atoms with Crippen molar-refractivity contribution in [3.63, 3.8) is 0 Å². The van der Waals surface area contributed by atoms with Crippen molar-refractivity contribution < 1.29 is 4.74 Å². The molecule has 0 amide bonds. The summed E-state index contributed by atoms with van der Waals surface area (Å²) in [4.78, 5) is 0. The lowest BCUT2D eigenvalue weighted by Crippen LogP contribution is -2.00. The van der Waals surface area contributed by atoms with Crippen LogP contribution in [0.25, 0.3) is 0 Å². The van der Waals surface area contributed by atoms with Crippen molar-refractivity contribution in [3.8, 4) is 0 Å². The van der Waals surface area contributed by atoms with Crippen LogP contribution in [0.5, 0.6) is 0 Å². The van der Waals surface area contributed by atoms with Gasteiger partial charge < -0.3 is 10.5 Å². The Hall–Kier alpha value is -1.51. The second kappa shape index (κ2) is 15.9. The Balaban J connectivity index is 0. The van der Waals surface area contributed by atoms with E-state index in [0.717, 1.165) is 11.1 Å². The Morgan fingerprint density at radius 3 is 2.18 bits per heavy atom. The third-order valence-corrected chi connectivity index (χ3v) is 2.65. The summed E-state index contributed by atoms with van der Waals surface area (Å²) in [6.45, 7) is 14.6. The van der Waals surface area contributed by atoms with Crippen LogP contribution in [-0.2, 0) is 11.3 Å². The van der Waals surface area contributed by atoms with Crippen LogP contribution in [0.3, 0.4) is 0 Å². The van der Waals surface area contributed by atoms with Gasteiger partial charge in [-0.1, -0.05) is 81.8 Å². The van der Waals surface area contributed by atoms with E-state index in [1.807, 2.05) is 65.0 Å². The average Bonchev–Trinajstić information content (AvgIpc) is 2.59. The fourth-order valence-corrected chi connectivity index (χ4v) is 1.63.